The SMILES string of the molecule is CCC(C)(CO)NS(=O)(=O)c1cccc(C(=O)O)c1C. The Morgan fingerprint density at radius 1 is 1.40 bits per heavy atom. The lowest BCUT2D eigenvalue weighted by atomic mass is 10.0. The predicted octanol–water partition coefficient (Wildman–Crippen LogP) is 1.13. The predicted molar refractivity (Wildman–Crippen MR) is 74.2 cm³/mol. The number of hydrogen-bond acceptors (Lipinski definition) is 4. The number of benzene rings is 1. The summed E-state index contributed by atoms with van der Waals surface area (Å²) < 4.78 is 27.1. The molecule has 1 aromatic rings. The molecule has 1 unspecified atom stereocenters. The molecule has 7 heteroatoms. The third kappa shape index (κ3) is 3.36. The monoisotopic (exact) mass is 301 g/mol. The maximum atomic E-state index is 12.3. The van der Waals surface area contributed by atoms with Gasteiger partial charge in [0, 0.05) is 0 Å². The van der Waals surface area contributed by atoms with Gasteiger partial charge in [0.15, 0.2) is 0 Å². The summed E-state index contributed by atoms with van der Waals surface area (Å²) in [6.07, 6.45) is 0.403. The van der Waals surface area contributed by atoms with Gasteiger partial charge < -0.3 is 10.2 Å². The third-order valence-electron chi connectivity index (χ3n) is 3.31. The van der Waals surface area contributed by atoms with Gasteiger partial charge in [-0.05, 0) is 38.0 Å². The van der Waals surface area contributed by atoms with Gasteiger partial charge in [-0.2, -0.15) is 0 Å². The summed E-state index contributed by atoms with van der Waals surface area (Å²) in [5.74, 6) is -1.18. The number of nitrogens with one attached hydrogen (secondary N) is 1. The highest BCUT2D eigenvalue weighted by molar-refractivity contribution is 7.89. The van der Waals surface area contributed by atoms with Crippen molar-refractivity contribution in [2.45, 2.75) is 37.6 Å². The van der Waals surface area contributed by atoms with E-state index in [4.69, 9.17) is 5.11 Å². The van der Waals surface area contributed by atoms with Crippen molar-refractivity contribution in [3.05, 3.63) is 29.3 Å². The van der Waals surface area contributed by atoms with Crippen LogP contribution in [0.15, 0.2) is 23.1 Å². The molecule has 1 rings (SSSR count). The van der Waals surface area contributed by atoms with E-state index in [0.29, 0.717) is 6.42 Å². The van der Waals surface area contributed by atoms with Gasteiger partial charge in [0.2, 0.25) is 10.0 Å². The molecule has 0 fully saturated rings. The molecule has 112 valence electrons. The zero-order chi connectivity index (χ0) is 15.6. The van der Waals surface area contributed by atoms with Crippen molar-refractivity contribution in [2.24, 2.45) is 0 Å². The van der Waals surface area contributed by atoms with Gasteiger partial charge in [0.25, 0.3) is 0 Å². The zero-order valence-electron chi connectivity index (χ0n) is 11.7. The highest BCUT2D eigenvalue weighted by atomic mass is 32.2. The lowest BCUT2D eigenvalue weighted by Crippen LogP contribution is -2.48. The lowest BCUT2D eigenvalue weighted by molar-refractivity contribution is 0.0696. The van der Waals surface area contributed by atoms with Crippen molar-refractivity contribution in [1.29, 1.82) is 0 Å². The number of hydrogen-bond donors (Lipinski definition) is 3. The van der Waals surface area contributed by atoms with Gasteiger partial charge in [-0.25, -0.2) is 17.9 Å². The van der Waals surface area contributed by atoms with E-state index in [2.05, 4.69) is 4.72 Å². The molecule has 0 aliphatic carbocycles. The molecule has 1 atom stereocenters. The second-order valence-electron chi connectivity index (χ2n) is 4.91. The Kier molecular flexibility index (Phi) is 4.90. The number of aliphatic hydroxyl groups excluding tert-OH is 1. The highest BCUT2D eigenvalue weighted by Gasteiger charge is 2.30. The van der Waals surface area contributed by atoms with Crippen LogP contribution in [0.5, 0.6) is 0 Å². The van der Waals surface area contributed by atoms with Gasteiger partial charge >= 0.3 is 5.97 Å². The Labute approximate surface area is 118 Å². The molecular formula is C13H19NO5S. The van der Waals surface area contributed by atoms with Crippen molar-refractivity contribution in [3.8, 4) is 0 Å². The molecule has 1 aromatic carbocycles. The van der Waals surface area contributed by atoms with Crippen LogP contribution in [0.25, 0.3) is 0 Å². The molecule has 6 nitrogen and oxygen atoms in total. The number of aromatic carboxylic acids is 1. The molecule has 0 saturated heterocycles. The van der Waals surface area contributed by atoms with Crippen LogP contribution in [0.1, 0.15) is 36.2 Å². The molecule has 0 amide bonds. The Balaban J connectivity index is 3.30. The van der Waals surface area contributed by atoms with Crippen molar-refractivity contribution in [2.75, 3.05) is 6.61 Å². The average molecular weight is 301 g/mol. The number of rotatable bonds is 6. The minimum Gasteiger partial charge on any atom is -0.478 e. The van der Waals surface area contributed by atoms with Crippen LogP contribution in [-0.4, -0.2) is 36.7 Å². The van der Waals surface area contributed by atoms with E-state index in [1.165, 1.54) is 25.1 Å². The quantitative estimate of drug-likeness (QED) is 0.731. The second kappa shape index (κ2) is 5.90. The molecule has 0 aliphatic heterocycles. The summed E-state index contributed by atoms with van der Waals surface area (Å²) in [5.41, 5.74) is -0.871. The van der Waals surface area contributed by atoms with Crippen LogP contribution in [0.4, 0.5) is 0 Å². The highest BCUT2D eigenvalue weighted by Crippen LogP contribution is 2.21. The van der Waals surface area contributed by atoms with Gasteiger partial charge in [-0.3, -0.25) is 0 Å². The maximum Gasteiger partial charge on any atom is 0.335 e. The van der Waals surface area contributed by atoms with Gasteiger partial charge in [0.1, 0.15) is 0 Å². The molecule has 0 aromatic heterocycles. The molecule has 0 spiro atoms. The molecule has 0 saturated carbocycles. The first-order valence-corrected chi connectivity index (χ1v) is 7.63. The van der Waals surface area contributed by atoms with Gasteiger partial charge in [-0.1, -0.05) is 13.0 Å². The number of aliphatic hydroxyl groups is 1. The smallest absolute Gasteiger partial charge is 0.335 e. The Morgan fingerprint density at radius 2 is 2.00 bits per heavy atom. The molecule has 0 bridgehead atoms. The normalized spacial score (nSPS) is 14.8. The molecule has 0 heterocycles. The molecule has 20 heavy (non-hydrogen) atoms. The summed E-state index contributed by atoms with van der Waals surface area (Å²) in [6.45, 7) is 4.43. The van der Waals surface area contributed by atoms with Crippen LogP contribution >= 0.6 is 0 Å². The van der Waals surface area contributed by atoms with E-state index in [1.54, 1.807) is 13.8 Å². The first kappa shape index (κ1) is 16.6. The topological polar surface area (TPSA) is 104 Å². The summed E-state index contributed by atoms with van der Waals surface area (Å²) in [5, 5.41) is 18.3. The summed E-state index contributed by atoms with van der Waals surface area (Å²) in [4.78, 5) is 11.0. The molecule has 3 N–H and O–H groups in total. The fourth-order valence-electron chi connectivity index (χ4n) is 1.73. The fourth-order valence-corrected chi connectivity index (χ4v) is 3.47. The van der Waals surface area contributed by atoms with Crippen molar-refractivity contribution >= 4 is 16.0 Å². The van der Waals surface area contributed by atoms with Crippen LogP contribution in [-0.2, 0) is 10.0 Å². The van der Waals surface area contributed by atoms with E-state index in [0.717, 1.165) is 0 Å². The summed E-state index contributed by atoms with van der Waals surface area (Å²) in [6, 6.07) is 4.08. The van der Waals surface area contributed by atoms with Crippen molar-refractivity contribution in [1.82, 2.24) is 4.72 Å². The Morgan fingerprint density at radius 3 is 2.45 bits per heavy atom. The molecular weight excluding hydrogens is 282 g/mol. The van der Waals surface area contributed by atoms with Crippen LogP contribution in [0.3, 0.4) is 0 Å². The molecule has 0 aliphatic rings. The van der Waals surface area contributed by atoms with E-state index >= 15 is 0 Å². The van der Waals surface area contributed by atoms with Crippen LogP contribution < -0.4 is 4.72 Å². The fraction of sp³-hybridized carbons (Fsp3) is 0.462. The van der Waals surface area contributed by atoms with Crippen molar-refractivity contribution in [3.63, 3.8) is 0 Å². The minimum absolute atomic E-state index is 0.0601. The number of sulfonamides is 1. The van der Waals surface area contributed by atoms with E-state index in [9.17, 15) is 18.3 Å². The number of carboxylic acids is 1. The maximum absolute atomic E-state index is 12.3. The number of carboxylic acid groups (broad SMARTS) is 1. The first-order valence-electron chi connectivity index (χ1n) is 6.14. The largest absolute Gasteiger partial charge is 0.478 e. The van der Waals surface area contributed by atoms with Gasteiger partial charge in [-0.15, -0.1) is 0 Å². The lowest BCUT2D eigenvalue weighted by Gasteiger charge is -2.27. The minimum atomic E-state index is -3.90. The summed E-state index contributed by atoms with van der Waals surface area (Å²) >= 11 is 0. The Bertz CT molecular complexity index is 605. The van der Waals surface area contributed by atoms with Crippen LogP contribution in [0, 0.1) is 6.92 Å². The Hall–Kier alpha value is -1.44. The van der Waals surface area contributed by atoms with Crippen molar-refractivity contribution < 1.29 is 23.4 Å². The third-order valence-corrected chi connectivity index (χ3v) is 5.10. The second-order valence-corrected chi connectivity index (χ2v) is 6.56. The van der Waals surface area contributed by atoms with Gasteiger partial charge in [0.05, 0.1) is 22.6 Å². The van der Waals surface area contributed by atoms with E-state index in [1.807, 2.05) is 0 Å². The van der Waals surface area contributed by atoms with E-state index < -0.39 is 21.5 Å². The molecule has 0 radical (unpaired) electrons. The average Bonchev–Trinajstić information content (AvgIpc) is 2.37. The number of carbonyl (C=O) groups is 1. The zero-order valence-corrected chi connectivity index (χ0v) is 12.5. The summed E-state index contributed by atoms with van der Waals surface area (Å²) in [7, 11) is -3.90. The standard InChI is InChI=1S/C13H19NO5S/c1-4-13(3,8-15)14-20(18,19)11-7-5-6-10(9(11)2)12(16)17/h5-7,14-15H,4,8H2,1-3H3,(H,16,17). The van der Waals surface area contributed by atoms with E-state index in [-0.39, 0.29) is 22.6 Å². The first-order chi connectivity index (χ1) is 9.17. The van der Waals surface area contributed by atoms with Crippen LogP contribution in [0.2, 0.25) is 0 Å².